The summed E-state index contributed by atoms with van der Waals surface area (Å²) >= 11 is 0. The molecule has 0 radical (unpaired) electrons. The molecule has 134 valence electrons. The van der Waals surface area contributed by atoms with Crippen molar-refractivity contribution in [2.45, 2.75) is 12.8 Å². The predicted octanol–water partition coefficient (Wildman–Crippen LogP) is 4.31. The smallest absolute Gasteiger partial charge is 0.224 e. The lowest BCUT2D eigenvalue weighted by Gasteiger charge is -2.18. The van der Waals surface area contributed by atoms with Gasteiger partial charge in [-0.05, 0) is 42.2 Å². The predicted molar refractivity (Wildman–Crippen MR) is 110 cm³/mol. The molecule has 0 saturated heterocycles. The van der Waals surface area contributed by atoms with E-state index in [0.717, 1.165) is 31.7 Å². The van der Waals surface area contributed by atoms with Gasteiger partial charge >= 0.3 is 0 Å². The van der Waals surface area contributed by atoms with E-state index in [1.165, 1.54) is 27.7 Å². The van der Waals surface area contributed by atoms with Gasteiger partial charge in [-0.25, -0.2) is 4.98 Å². The highest BCUT2D eigenvalue weighted by Crippen LogP contribution is 2.33. The lowest BCUT2D eigenvalue weighted by atomic mass is 10.1. The number of fused-ring (bicyclic) bond motifs is 2. The summed E-state index contributed by atoms with van der Waals surface area (Å²) < 4.78 is 0. The Hall–Kier alpha value is -3.34. The van der Waals surface area contributed by atoms with Crippen LogP contribution in [0.1, 0.15) is 11.1 Å². The molecule has 0 atom stereocenters. The SMILES string of the molecule is c1ccc2c(c1)CCN2c1ccnc(NCCc2c[nH]c3ccccc23)n1. The van der Waals surface area contributed by atoms with Crippen molar-refractivity contribution in [2.24, 2.45) is 0 Å². The van der Waals surface area contributed by atoms with Crippen molar-refractivity contribution < 1.29 is 0 Å². The van der Waals surface area contributed by atoms with E-state index in [0.29, 0.717) is 5.95 Å². The van der Waals surface area contributed by atoms with Gasteiger partial charge in [0.2, 0.25) is 5.95 Å². The molecule has 1 aliphatic heterocycles. The van der Waals surface area contributed by atoms with Crippen LogP contribution in [0.4, 0.5) is 17.5 Å². The standard InChI is InChI=1S/C22H21N5/c1-4-8-20-16(5-1)11-14-27(20)21-10-13-24-22(26-21)23-12-9-17-15-25-19-7-3-2-6-18(17)19/h1-8,10,13,15,25H,9,11-12,14H2,(H,23,24,26). The molecule has 27 heavy (non-hydrogen) atoms. The first-order chi connectivity index (χ1) is 13.4. The van der Waals surface area contributed by atoms with E-state index in [9.17, 15) is 0 Å². The maximum Gasteiger partial charge on any atom is 0.224 e. The molecule has 3 heterocycles. The fraction of sp³-hybridized carbons (Fsp3) is 0.182. The van der Waals surface area contributed by atoms with Gasteiger partial charge < -0.3 is 15.2 Å². The third-order valence-electron chi connectivity index (χ3n) is 5.16. The minimum Gasteiger partial charge on any atom is -0.361 e. The van der Waals surface area contributed by atoms with Gasteiger partial charge in [-0.15, -0.1) is 0 Å². The Bertz CT molecular complexity index is 1080. The second-order valence-corrected chi connectivity index (χ2v) is 6.81. The molecule has 0 saturated carbocycles. The van der Waals surface area contributed by atoms with Crippen LogP contribution in [0, 0.1) is 0 Å². The van der Waals surface area contributed by atoms with Crippen LogP contribution >= 0.6 is 0 Å². The summed E-state index contributed by atoms with van der Waals surface area (Å²) in [4.78, 5) is 14.7. The van der Waals surface area contributed by atoms with Crippen molar-refractivity contribution in [1.29, 1.82) is 0 Å². The van der Waals surface area contributed by atoms with Gasteiger partial charge in [0.1, 0.15) is 5.82 Å². The van der Waals surface area contributed by atoms with Gasteiger partial charge in [0.05, 0.1) is 0 Å². The fourth-order valence-electron chi connectivity index (χ4n) is 3.81. The summed E-state index contributed by atoms with van der Waals surface area (Å²) in [7, 11) is 0. The number of benzene rings is 2. The zero-order valence-corrected chi connectivity index (χ0v) is 15.0. The number of hydrogen-bond acceptors (Lipinski definition) is 4. The van der Waals surface area contributed by atoms with E-state index >= 15 is 0 Å². The Balaban J connectivity index is 1.29. The van der Waals surface area contributed by atoms with E-state index in [2.05, 4.69) is 74.9 Å². The molecular weight excluding hydrogens is 334 g/mol. The lowest BCUT2D eigenvalue weighted by Crippen LogP contribution is -2.16. The molecule has 0 amide bonds. The van der Waals surface area contributed by atoms with Crippen molar-refractivity contribution in [2.75, 3.05) is 23.3 Å². The molecule has 5 nitrogen and oxygen atoms in total. The fourth-order valence-corrected chi connectivity index (χ4v) is 3.81. The lowest BCUT2D eigenvalue weighted by molar-refractivity contribution is 0.948. The number of nitrogens with one attached hydrogen (secondary N) is 2. The zero-order valence-electron chi connectivity index (χ0n) is 15.0. The third kappa shape index (κ3) is 3.01. The molecule has 0 bridgehead atoms. The van der Waals surface area contributed by atoms with Crippen LogP contribution in [0.3, 0.4) is 0 Å². The van der Waals surface area contributed by atoms with E-state index < -0.39 is 0 Å². The molecule has 0 unspecified atom stereocenters. The minimum atomic E-state index is 0.678. The molecule has 0 spiro atoms. The number of aromatic nitrogens is 3. The highest BCUT2D eigenvalue weighted by atomic mass is 15.2. The Morgan fingerprint density at radius 2 is 1.93 bits per heavy atom. The number of H-pyrrole nitrogens is 1. The van der Waals surface area contributed by atoms with Crippen molar-refractivity contribution in [3.63, 3.8) is 0 Å². The molecule has 2 aromatic heterocycles. The number of para-hydroxylation sites is 2. The van der Waals surface area contributed by atoms with Gasteiger partial charge in [-0.1, -0.05) is 36.4 Å². The highest BCUT2D eigenvalue weighted by molar-refractivity contribution is 5.83. The Kier molecular flexibility index (Phi) is 3.98. The van der Waals surface area contributed by atoms with E-state index in [1.807, 2.05) is 12.3 Å². The van der Waals surface area contributed by atoms with Crippen LogP contribution in [0.15, 0.2) is 67.0 Å². The molecule has 2 aromatic carbocycles. The first-order valence-electron chi connectivity index (χ1n) is 9.36. The molecule has 2 N–H and O–H groups in total. The van der Waals surface area contributed by atoms with Crippen LogP contribution in [-0.4, -0.2) is 28.0 Å². The normalized spacial score (nSPS) is 13.1. The van der Waals surface area contributed by atoms with Gasteiger partial charge in [0.25, 0.3) is 0 Å². The maximum atomic E-state index is 4.73. The van der Waals surface area contributed by atoms with Crippen molar-refractivity contribution >= 4 is 28.4 Å². The summed E-state index contributed by atoms with van der Waals surface area (Å²) in [6, 6.07) is 18.9. The van der Waals surface area contributed by atoms with Gasteiger partial charge in [-0.2, -0.15) is 4.98 Å². The summed E-state index contributed by atoms with van der Waals surface area (Å²) in [6.45, 7) is 1.76. The second kappa shape index (κ2) is 6.76. The van der Waals surface area contributed by atoms with Crippen LogP contribution in [0.25, 0.3) is 10.9 Å². The maximum absolute atomic E-state index is 4.73. The van der Waals surface area contributed by atoms with Gasteiger partial charge in [0, 0.05) is 42.1 Å². The molecule has 5 rings (SSSR count). The molecule has 5 heteroatoms. The van der Waals surface area contributed by atoms with E-state index in [-0.39, 0.29) is 0 Å². The monoisotopic (exact) mass is 355 g/mol. The van der Waals surface area contributed by atoms with Crippen molar-refractivity contribution in [1.82, 2.24) is 15.0 Å². The van der Waals surface area contributed by atoms with Gasteiger partial charge in [0.15, 0.2) is 0 Å². The van der Waals surface area contributed by atoms with Gasteiger partial charge in [-0.3, -0.25) is 0 Å². The topological polar surface area (TPSA) is 56.8 Å². The number of rotatable bonds is 5. The summed E-state index contributed by atoms with van der Waals surface area (Å²) in [5.41, 5.74) is 5.12. The van der Waals surface area contributed by atoms with Crippen LogP contribution in [-0.2, 0) is 12.8 Å². The quantitative estimate of drug-likeness (QED) is 0.560. The number of aromatic amines is 1. The molecule has 0 fully saturated rings. The van der Waals surface area contributed by atoms with Crippen LogP contribution < -0.4 is 10.2 Å². The molecule has 4 aromatic rings. The molecule has 0 aliphatic carbocycles. The number of anilines is 3. The minimum absolute atomic E-state index is 0.678. The average molecular weight is 355 g/mol. The van der Waals surface area contributed by atoms with Crippen molar-refractivity contribution in [3.05, 3.63) is 78.1 Å². The molecular formula is C22H21N5. The number of nitrogens with zero attached hydrogens (tertiary/aromatic N) is 3. The second-order valence-electron chi connectivity index (χ2n) is 6.81. The summed E-state index contributed by atoms with van der Waals surface area (Å²) in [5.74, 6) is 1.63. The van der Waals surface area contributed by atoms with Crippen molar-refractivity contribution in [3.8, 4) is 0 Å². The number of hydrogen-bond donors (Lipinski definition) is 2. The highest BCUT2D eigenvalue weighted by Gasteiger charge is 2.20. The van der Waals surface area contributed by atoms with E-state index in [1.54, 1.807) is 0 Å². The largest absolute Gasteiger partial charge is 0.361 e. The Labute approximate surface area is 158 Å². The Morgan fingerprint density at radius 1 is 1.04 bits per heavy atom. The average Bonchev–Trinajstić information content (AvgIpc) is 3.33. The zero-order chi connectivity index (χ0) is 18.1. The Morgan fingerprint density at radius 3 is 2.93 bits per heavy atom. The summed E-state index contributed by atoms with van der Waals surface area (Å²) in [5, 5.41) is 4.65. The van der Waals surface area contributed by atoms with E-state index in [4.69, 9.17) is 4.98 Å². The van der Waals surface area contributed by atoms with Crippen LogP contribution in [0.5, 0.6) is 0 Å². The summed E-state index contributed by atoms with van der Waals surface area (Å²) in [6.07, 6.45) is 5.90. The molecule has 1 aliphatic rings. The first-order valence-corrected chi connectivity index (χ1v) is 9.36. The first kappa shape index (κ1) is 15.9. The van der Waals surface area contributed by atoms with Crippen LogP contribution in [0.2, 0.25) is 0 Å². The third-order valence-corrected chi connectivity index (χ3v) is 5.16.